The molecule has 1 fully saturated rings. The summed E-state index contributed by atoms with van der Waals surface area (Å²) in [5.41, 5.74) is 2.14. The third-order valence-corrected chi connectivity index (χ3v) is 4.64. The zero-order chi connectivity index (χ0) is 18.4. The Hall–Kier alpha value is -2.05. The minimum Gasteiger partial charge on any atom is -0.385 e. The van der Waals surface area contributed by atoms with Crippen LogP contribution >= 0.6 is 11.6 Å². The number of aromatic nitrogens is 2. The first-order valence-electron chi connectivity index (χ1n) is 8.99. The lowest BCUT2D eigenvalue weighted by Gasteiger charge is -2.36. The molecule has 140 valence electrons. The Bertz CT molecular complexity index is 719. The number of hydrogen-bond donors (Lipinski definition) is 1. The van der Waals surface area contributed by atoms with Crippen molar-refractivity contribution < 1.29 is 4.74 Å². The predicted molar refractivity (Wildman–Crippen MR) is 108 cm³/mol. The van der Waals surface area contributed by atoms with Gasteiger partial charge in [0.1, 0.15) is 5.82 Å². The number of rotatable bonds is 7. The Balaban J connectivity index is 1.61. The topological polar surface area (TPSA) is 53.5 Å². The van der Waals surface area contributed by atoms with Crippen LogP contribution in [0.1, 0.15) is 12.1 Å². The number of aryl methyl sites for hydroxylation is 1. The normalized spacial score (nSPS) is 14.6. The quantitative estimate of drug-likeness (QED) is 0.750. The van der Waals surface area contributed by atoms with E-state index < -0.39 is 0 Å². The molecule has 2 aromatic rings. The Kier molecular flexibility index (Phi) is 6.52. The van der Waals surface area contributed by atoms with Gasteiger partial charge in [0.2, 0.25) is 5.95 Å². The van der Waals surface area contributed by atoms with Gasteiger partial charge < -0.3 is 19.9 Å². The molecule has 0 atom stereocenters. The molecule has 7 heteroatoms. The fraction of sp³-hybridized carbons (Fsp3) is 0.474. The van der Waals surface area contributed by atoms with Gasteiger partial charge >= 0.3 is 0 Å². The highest BCUT2D eigenvalue weighted by Gasteiger charge is 2.20. The number of benzene rings is 1. The molecule has 0 saturated carbocycles. The number of hydrogen-bond acceptors (Lipinski definition) is 6. The van der Waals surface area contributed by atoms with E-state index in [1.165, 1.54) is 5.69 Å². The van der Waals surface area contributed by atoms with Gasteiger partial charge in [-0.05, 0) is 31.5 Å². The number of ether oxygens (including phenoxy) is 1. The molecular formula is C19H26ClN5O. The Labute approximate surface area is 160 Å². The minimum atomic E-state index is 0.745. The van der Waals surface area contributed by atoms with Gasteiger partial charge in [0, 0.05) is 68.9 Å². The van der Waals surface area contributed by atoms with E-state index in [1.807, 2.05) is 31.2 Å². The second-order valence-electron chi connectivity index (χ2n) is 6.42. The van der Waals surface area contributed by atoms with Crippen molar-refractivity contribution in [1.29, 1.82) is 0 Å². The SMILES string of the molecule is COCCCNc1cc(C)nc(N2CCN(c3cccc(Cl)c3)CC2)n1. The van der Waals surface area contributed by atoms with Gasteiger partial charge in [-0.15, -0.1) is 0 Å². The number of piperazine rings is 1. The number of methoxy groups -OCH3 is 1. The number of anilines is 3. The summed E-state index contributed by atoms with van der Waals surface area (Å²) in [7, 11) is 1.72. The summed E-state index contributed by atoms with van der Waals surface area (Å²) in [6.45, 7) is 7.22. The molecule has 2 heterocycles. The molecule has 1 saturated heterocycles. The van der Waals surface area contributed by atoms with E-state index in [9.17, 15) is 0 Å². The Morgan fingerprint density at radius 3 is 2.62 bits per heavy atom. The molecule has 0 radical (unpaired) electrons. The lowest BCUT2D eigenvalue weighted by molar-refractivity contribution is 0.198. The molecule has 0 amide bonds. The number of nitrogens with one attached hydrogen (secondary N) is 1. The fourth-order valence-corrected chi connectivity index (χ4v) is 3.24. The first kappa shape index (κ1) is 18.7. The molecule has 26 heavy (non-hydrogen) atoms. The van der Waals surface area contributed by atoms with Crippen molar-refractivity contribution in [2.24, 2.45) is 0 Å². The summed E-state index contributed by atoms with van der Waals surface area (Å²) in [5, 5.41) is 4.13. The van der Waals surface area contributed by atoms with Crippen molar-refractivity contribution in [3.63, 3.8) is 0 Å². The highest BCUT2D eigenvalue weighted by molar-refractivity contribution is 6.30. The molecule has 1 aromatic carbocycles. The number of halogens is 1. The molecule has 1 N–H and O–H groups in total. The summed E-state index contributed by atoms with van der Waals surface area (Å²) in [6, 6.07) is 10.0. The van der Waals surface area contributed by atoms with Gasteiger partial charge in [-0.25, -0.2) is 4.98 Å². The lowest BCUT2D eigenvalue weighted by Crippen LogP contribution is -2.47. The average molecular weight is 376 g/mol. The van der Waals surface area contributed by atoms with Crippen LogP contribution in [-0.4, -0.2) is 56.4 Å². The minimum absolute atomic E-state index is 0.745. The summed E-state index contributed by atoms with van der Waals surface area (Å²) in [4.78, 5) is 13.9. The van der Waals surface area contributed by atoms with Gasteiger partial charge in [0.05, 0.1) is 0 Å². The Morgan fingerprint density at radius 2 is 1.88 bits per heavy atom. The van der Waals surface area contributed by atoms with Crippen molar-refractivity contribution in [1.82, 2.24) is 9.97 Å². The smallest absolute Gasteiger partial charge is 0.227 e. The summed E-state index contributed by atoms with van der Waals surface area (Å²) < 4.78 is 5.08. The lowest BCUT2D eigenvalue weighted by atomic mass is 10.2. The monoisotopic (exact) mass is 375 g/mol. The molecule has 1 aliphatic heterocycles. The van der Waals surface area contributed by atoms with Crippen LogP contribution in [0.15, 0.2) is 30.3 Å². The van der Waals surface area contributed by atoms with Gasteiger partial charge in [-0.2, -0.15) is 4.98 Å². The van der Waals surface area contributed by atoms with Crippen LogP contribution in [0.2, 0.25) is 5.02 Å². The standard InChI is InChI=1S/C19H26ClN5O/c1-15-13-18(21-7-4-12-26-2)23-19(22-15)25-10-8-24(9-11-25)17-6-3-5-16(20)14-17/h3,5-6,13-14H,4,7-12H2,1-2H3,(H,21,22,23). The zero-order valence-electron chi connectivity index (χ0n) is 15.4. The van der Waals surface area contributed by atoms with Gasteiger partial charge in [0.15, 0.2) is 0 Å². The van der Waals surface area contributed by atoms with Gasteiger partial charge in [-0.3, -0.25) is 0 Å². The van der Waals surface area contributed by atoms with Crippen LogP contribution in [0, 0.1) is 6.92 Å². The fourth-order valence-electron chi connectivity index (χ4n) is 3.06. The molecular weight excluding hydrogens is 350 g/mol. The zero-order valence-corrected chi connectivity index (χ0v) is 16.2. The molecule has 1 aromatic heterocycles. The molecule has 0 bridgehead atoms. The second kappa shape index (κ2) is 9.05. The molecule has 3 rings (SSSR count). The Morgan fingerprint density at radius 1 is 1.12 bits per heavy atom. The van der Waals surface area contributed by atoms with Crippen LogP contribution in [0.4, 0.5) is 17.5 Å². The third-order valence-electron chi connectivity index (χ3n) is 4.41. The van der Waals surface area contributed by atoms with Crippen LogP contribution < -0.4 is 15.1 Å². The van der Waals surface area contributed by atoms with E-state index >= 15 is 0 Å². The van der Waals surface area contributed by atoms with E-state index in [-0.39, 0.29) is 0 Å². The van der Waals surface area contributed by atoms with Crippen molar-refractivity contribution in [3.05, 3.63) is 41.0 Å². The maximum absolute atomic E-state index is 6.11. The van der Waals surface area contributed by atoms with E-state index in [0.29, 0.717) is 0 Å². The molecule has 0 unspecified atom stereocenters. The first-order chi connectivity index (χ1) is 12.7. The number of nitrogens with zero attached hydrogens (tertiary/aromatic N) is 4. The van der Waals surface area contributed by atoms with Crippen molar-refractivity contribution in [2.75, 3.05) is 61.6 Å². The summed E-state index contributed by atoms with van der Waals surface area (Å²) in [5.74, 6) is 1.67. The van der Waals surface area contributed by atoms with Crippen molar-refractivity contribution in [3.8, 4) is 0 Å². The van der Waals surface area contributed by atoms with Crippen LogP contribution in [0.25, 0.3) is 0 Å². The van der Waals surface area contributed by atoms with Crippen molar-refractivity contribution in [2.45, 2.75) is 13.3 Å². The van der Waals surface area contributed by atoms with E-state index in [4.69, 9.17) is 21.3 Å². The molecule has 0 spiro atoms. The highest BCUT2D eigenvalue weighted by atomic mass is 35.5. The molecule has 6 nitrogen and oxygen atoms in total. The first-order valence-corrected chi connectivity index (χ1v) is 9.37. The molecule has 1 aliphatic rings. The van der Waals surface area contributed by atoms with E-state index in [1.54, 1.807) is 7.11 Å². The van der Waals surface area contributed by atoms with Gasteiger partial charge in [-0.1, -0.05) is 17.7 Å². The van der Waals surface area contributed by atoms with Gasteiger partial charge in [0.25, 0.3) is 0 Å². The van der Waals surface area contributed by atoms with E-state index in [2.05, 4.69) is 26.2 Å². The van der Waals surface area contributed by atoms with Crippen LogP contribution in [0.5, 0.6) is 0 Å². The second-order valence-corrected chi connectivity index (χ2v) is 6.86. The molecule has 0 aliphatic carbocycles. The summed E-state index contributed by atoms with van der Waals surface area (Å²) in [6.07, 6.45) is 0.952. The maximum atomic E-state index is 6.11. The highest BCUT2D eigenvalue weighted by Crippen LogP contribution is 2.22. The van der Waals surface area contributed by atoms with Crippen molar-refractivity contribution >= 4 is 29.1 Å². The van der Waals surface area contributed by atoms with Crippen LogP contribution in [0.3, 0.4) is 0 Å². The van der Waals surface area contributed by atoms with Crippen LogP contribution in [-0.2, 0) is 4.74 Å². The largest absolute Gasteiger partial charge is 0.385 e. The third kappa shape index (κ3) is 4.99. The van der Waals surface area contributed by atoms with E-state index in [0.717, 1.165) is 68.2 Å². The average Bonchev–Trinajstić information content (AvgIpc) is 2.65. The predicted octanol–water partition coefficient (Wildman–Crippen LogP) is 3.21. The maximum Gasteiger partial charge on any atom is 0.227 e. The summed E-state index contributed by atoms with van der Waals surface area (Å²) >= 11 is 6.11.